The van der Waals surface area contributed by atoms with E-state index in [9.17, 15) is 13.2 Å². The summed E-state index contributed by atoms with van der Waals surface area (Å²) in [7, 11) is 0. The number of halogens is 5. The third-order valence-corrected chi connectivity index (χ3v) is 2.89. The number of pyridine rings is 1. The molecule has 1 heterocycles. The van der Waals surface area contributed by atoms with Crippen molar-refractivity contribution in [2.45, 2.75) is 0 Å². The SMILES string of the molecule is Fc1cc(Nc2ncc(Cl)cc2F)c(F)cc1Br. The number of rotatable bonds is 2. The molecule has 0 saturated carbocycles. The molecule has 0 radical (unpaired) electrons. The van der Waals surface area contributed by atoms with E-state index in [1.807, 2.05) is 0 Å². The zero-order chi connectivity index (χ0) is 13.3. The van der Waals surface area contributed by atoms with E-state index < -0.39 is 17.5 Å². The van der Waals surface area contributed by atoms with Gasteiger partial charge in [-0.1, -0.05) is 11.6 Å². The lowest BCUT2D eigenvalue weighted by atomic mass is 10.3. The Balaban J connectivity index is 2.37. The van der Waals surface area contributed by atoms with Crippen LogP contribution in [0.5, 0.6) is 0 Å². The van der Waals surface area contributed by atoms with Crippen LogP contribution in [-0.2, 0) is 0 Å². The first-order valence-corrected chi connectivity index (χ1v) is 5.87. The molecule has 1 aromatic carbocycles. The molecule has 0 aliphatic heterocycles. The summed E-state index contributed by atoms with van der Waals surface area (Å²) in [5.74, 6) is -2.40. The van der Waals surface area contributed by atoms with Crippen molar-refractivity contribution in [1.29, 1.82) is 0 Å². The van der Waals surface area contributed by atoms with Gasteiger partial charge in [0, 0.05) is 12.3 Å². The normalized spacial score (nSPS) is 10.5. The summed E-state index contributed by atoms with van der Waals surface area (Å²) in [4.78, 5) is 3.65. The number of nitrogens with one attached hydrogen (secondary N) is 1. The first-order chi connectivity index (χ1) is 8.47. The molecule has 0 saturated heterocycles. The maximum absolute atomic E-state index is 13.5. The van der Waals surface area contributed by atoms with Gasteiger partial charge >= 0.3 is 0 Å². The lowest BCUT2D eigenvalue weighted by Crippen LogP contribution is -2.00. The van der Waals surface area contributed by atoms with E-state index in [0.717, 1.165) is 18.2 Å². The molecule has 18 heavy (non-hydrogen) atoms. The maximum atomic E-state index is 13.5. The summed E-state index contributed by atoms with van der Waals surface area (Å²) in [6, 6.07) is 2.85. The summed E-state index contributed by atoms with van der Waals surface area (Å²) in [5, 5.41) is 2.47. The Morgan fingerprint density at radius 2 is 1.78 bits per heavy atom. The van der Waals surface area contributed by atoms with E-state index in [1.54, 1.807) is 0 Å². The highest BCUT2D eigenvalue weighted by Gasteiger charge is 2.11. The van der Waals surface area contributed by atoms with Crippen LogP contribution in [0.4, 0.5) is 24.7 Å². The Labute approximate surface area is 114 Å². The van der Waals surface area contributed by atoms with E-state index in [4.69, 9.17) is 11.6 Å². The van der Waals surface area contributed by atoms with Crippen LogP contribution >= 0.6 is 27.5 Å². The third kappa shape index (κ3) is 2.76. The smallest absolute Gasteiger partial charge is 0.167 e. The second-order valence-corrected chi connectivity index (χ2v) is 4.65. The summed E-state index contributed by atoms with van der Waals surface area (Å²) < 4.78 is 40.1. The van der Waals surface area contributed by atoms with Crippen molar-refractivity contribution in [2.75, 3.05) is 5.32 Å². The lowest BCUT2D eigenvalue weighted by molar-refractivity contribution is 0.596. The van der Waals surface area contributed by atoms with Gasteiger partial charge < -0.3 is 5.32 Å². The molecule has 0 fully saturated rings. The minimum Gasteiger partial charge on any atom is -0.335 e. The van der Waals surface area contributed by atoms with Crippen molar-refractivity contribution < 1.29 is 13.2 Å². The van der Waals surface area contributed by atoms with Crippen molar-refractivity contribution in [1.82, 2.24) is 4.98 Å². The molecule has 2 nitrogen and oxygen atoms in total. The lowest BCUT2D eigenvalue weighted by Gasteiger charge is -2.08. The molecule has 0 spiro atoms. The summed E-state index contributed by atoms with van der Waals surface area (Å²) >= 11 is 8.37. The van der Waals surface area contributed by atoms with Crippen molar-refractivity contribution in [3.63, 3.8) is 0 Å². The first kappa shape index (κ1) is 13.2. The molecular formula is C11H5BrClF3N2. The Morgan fingerprint density at radius 3 is 2.44 bits per heavy atom. The van der Waals surface area contributed by atoms with E-state index >= 15 is 0 Å². The van der Waals surface area contributed by atoms with Crippen molar-refractivity contribution in [3.05, 3.63) is 51.3 Å². The van der Waals surface area contributed by atoms with Crippen LogP contribution in [0, 0.1) is 17.5 Å². The highest BCUT2D eigenvalue weighted by atomic mass is 79.9. The average Bonchev–Trinajstić information content (AvgIpc) is 2.29. The van der Waals surface area contributed by atoms with Gasteiger partial charge in [-0.3, -0.25) is 0 Å². The zero-order valence-corrected chi connectivity index (χ0v) is 11.0. The van der Waals surface area contributed by atoms with Gasteiger partial charge in [0.2, 0.25) is 0 Å². The number of aromatic nitrogens is 1. The summed E-state index contributed by atoms with van der Waals surface area (Å²) in [6.45, 7) is 0. The van der Waals surface area contributed by atoms with E-state index in [1.165, 1.54) is 6.20 Å². The molecule has 0 aliphatic rings. The molecule has 0 amide bonds. The van der Waals surface area contributed by atoms with Gasteiger partial charge in [-0.25, -0.2) is 18.2 Å². The second kappa shape index (κ2) is 5.16. The minimum atomic E-state index is -0.759. The van der Waals surface area contributed by atoms with E-state index in [0.29, 0.717) is 0 Å². The highest BCUT2D eigenvalue weighted by Crippen LogP contribution is 2.26. The topological polar surface area (TPSA) is 24.9 Å². The number of nitrogens with zero attached hydrogens (tertiary/aromatic N) is 1. The third-order valence-electron chi connectivity index (χ3n) is 2.07. The van der Waals surface area contributed by atoms with Gasteiger partial charge in [0.15, 0.2) is 11.6 Å². The van der Waals surface area contributed by atoms with Crippen LogP contribution in [0.15, 0.2) is 28.9 Å². The van der Waals surface area contributed by atoms with Gasteiger partial charge in [0.25, 0.3) is 0 Å². The molecule has 1 N–H and O–H groups in total. The first-order valence-electron chi connectivity index (χ1n) is 4.70. The minimum absolute atomic E-state index is 0.0184. The van der Waals surface area contributed by atoms with Gasteiger partial charge in [-0.15, -0.1) is 0 Å². The van der Waals surface area contributed by atoms with Crippen molar-refractivity contribution in [3.8, 4) is 0 Å². The van der Waals surface area contributed by atoms with Crippen molar-refractivity contribution >= 4 is 39.0 Å². The van der Waals surface area contributed by atoms with Gasteiger partial charge in [0.05, 0.1) is 15.2 Å². The fraction of sp³-hybridized carbons (Fsp3) is 0. The van der Waals surface area contributed by atoms with E-state index in [-0.39, 0.29) is 21.0 Å². The van der Waals surface area contributed by atoms with E-state index in [2.05, 4.69) is 26.2 Å². The molecule has 0 atom stereocenters. The Kier molecular flexibility index (Phi) is 3.77. The van der Waals surface area contributed by atoms with Crippen LogP contribution < -0.4 is 5.32 Å². The number of benzene rings is 1. The summed E-state index contributed by atoms with van der Waals surface area (Å²) in [6.07, 6.45) is 1.19. The molecule has 0 aliphatic carbocycles. The molecule has 0 bridgehead atoms. The molecule has 1 aromatic heterocycles. The number of hydrogen-bond acceptors (Lipinski definition) is 2. The fourth-order valence-corrected chi connectivity index (χ4v) is 1.71. The predicted molar refractivity (Wildman–Crippen MR) is 66.5 cm³/mol. The zero-order valence-electron chi connectivity index (χ0n) is 8.65. The maximum Gasteiger partial charge on any atom is 0.167 e. The summed E-state index contributed by atoms with van der Waals surface area (Å²) in [5.41, 5.74) is -0.218. The monoisotopic (exact) mass is 336 g/mol. The Hall–Kier alpha value is -1.27. The molecule has 0 unspecified atom stereocenters. The fourth-order valence-electron chi connectivity index (χ4n) is 1.25. The number of anilines is 2. The quantitative estimate of drug-likeness (QED) is 0.806. The Morgan fingerprint density at radius 1 is 1.06 bits per heavy atom. The Bertz CT molecular complexity index is 607. The average molecular weight is 338 g/mol. The van der Waals surface area contributed by atoms with Crippen molar-refractivity contribution in [2.24, 2.45) is 0 Å². The largest absolute Gasteiger partial charge is 0.335 e. The molecule has 2 rings (SSSR count). The predicted octanol–water partition coefficient (Wildman–Crippen LogP) is 4.66. The van der Waals surface area contributed by atoms with Gasteiger partial charge in [-0.05, 0) is 28.1 Å². The van der Waals surface area contributed by atoms with Gasteiger partial charge in [0.1, 0.15) is 11.6 Å². The molecular weight excluding hydrogens is 332 g/mol. The number of hydrogen-bond donors (Lipinski definition) is 1. The molecule has 2 aromatic rings. The molecule has 94 valence electrons. The van der Waals surface area contributed by atoms with Crippen LogP contribution in [-0.4, -0.2) is 4.98 Å². The standard InChI is InChI=1S/C11H5BrClF3N2/c12-6-2-8(15)10(3-7(6)14)18-11-9(16)1-5(13)4-17-11/h1-4H,(H,17,18). The van der Waals surface area contributed by atoms with Crippen LogP contribution in [0.3, 0.4) is 0 Å². The van der Waals surface area contributed by atoms with Gasteiger partial charge in [-0.2, -0.15) is 0 Å². The highest BCUT2D eigenvalue weighted by molar-refractivity contribution is 9.10. The second-order valence-electron chi connectivity index (χ2n) is 3.36. The van der Waals surface area contributed by atoms with Crippen LogP contribution in [0.2, 0.25) is 5.02 Å². The van der Waals surface area contributed by atoms with Crippen LogP contribution in [0.1, 0.15) is 0 Å². The molecule has 7 heteroatoms. The van der Waals surface area contributed by atoms with Crippen LogP contribution in [0.25, 0.3) is 0 Å².